The second-order valence-corrected chi connectivity index (χ2v) is 8.99. The lowest BCUT2D eigenvalue weighted by Crippen LogP contribution is -2.32. The van der Waals surface area contributed by atoms with E-state index < -0.39 is 10.4 Å². The predicted molar refractivity (Wildman–Crippen MR) is 114 cm³/mol. The van der Waals surface area contributed by atoms with Crippen LogP contribution in [0.4, 0.5) is 5.69 Å². The Balaban J connectivity index is 2.03. The zero-order valence-corrected chi connectivity index (χ0v) is 18.2. The molecule has 0 amide bonds. The molecule has 0 saturated carbocycles. The molecule has 1 aromatic heterocycles. The molecule has 1 atom stereocenters. The maximum absolute atomic E-state index is 12.3. The first-order valence-corrected chi connectivity index (χ1v) is 11.6. The summed E-state index contributed by atoms with van der Waals surface area (Å²) in [6.45, 7) is 7.80. The van der Waals surface area contributed by atoms with Gasteiger partial charge < -0.3 is 24.2 Å². The quantitative estimate of drug-likeness (QED) is 0.377. The molecule has 2 rings (SSSR count). The molecule has 0 spiro atoms. The molecular formula is C19H29N3O4S2. The Morgan fingerprint density at radius 3 is 2.75 bits per heavy atom. The number of rotatable bonds is 13. The van der Waals surface area contributed by atoms with Gasteiger partial charge in [0.2, 0.25) is 4.21 Å². The normalized spacial score (nSPS) is 13.3. The first-order chi connectivity index (χ1) is 13.5. The van der Waals surface area contributed by atoms with Gasteiger partial charge in [-0.1, -0.05) is 10.3 Å². The SMILES string of the molecule is CCOCCN[S+](=O)([O-])c1ccc(Oc2cccc(N(CC)CCNC)c2)s1. The number of likely N-dealkylation sites (N-methyl/N-ethyl adjacent to an activating group) is 2. The molecule has 0 aliphatic heterocycles. The van der Waals surface area contributed by atoms with Gasteiger partial charge in [0, 0.05) is 44.1 Å². The number of benzene rings is 1. The summed E-state index contributed by atoms with van der Waals surface area (Å²) in [4.78, 5) is 2.25. The molecule has 0 bridgehead atoms. The standard InChI is InChI=1S/C19H29N3O4S2/c1-4-22(13-11-20-3)16-7-6-8-17(15-16)26-18-9-10-19(27-18)28(23,24)21-12-14-25-5-2/h6-10,15,20H,4-5,11-14H2,1-3H3,(H-,21,23,24). The van der Waals surface area contributed by atoms with Gasteiger partial charge >= 0.3 is 0 Å². The van der Waals surface area contributed by atoms with Crippen LogP contribution in [0, 0.1) is 0 Å². The molecule has 1 aromatic carbocycles. The summed E-state index contributed by atoms with van der Waals surface area (Å²) >= 11 is 1.10. The van der Waals surface area contributed by atoms with Crippen molar-refractivity contribution < 1.29 is 18.2 Å². The number of sulfonamides is 1. The highest BCUT2D eigenvalue weighted by atomic mass is 32.3. The fourth-order valence-electron chi connectivity index (χ4n) is 2.54. The Labute approximate surface area is 172 Å². The van der Waals surface area contributed by atoms with Gasteiger partial charge in [-0.15, -0.1) is 4.72 Å². The third kappa shape index (κ3) is 6.84. The molecule has 2 aromatic rings. The highest BCUT2D eigenvalue weighted by molar-refractivity contribution is 7.97. The zero-order chi connectivity index (χ0) is 20.4. The largest absolute Gasteiger partial charge is 0.592 e. The summed E-state index contributed by atoms with van der Waals surface area (Å²) in [5.74, 6) is 0.676. The van der Waals surface area contributed by atoms with Crippen molar-refractivity contribution in [2.45, 2.75) is 18.1 Å². The minimum atomic E-state index is -3.55. The number of thiophene rings is 1. The van der Waals surface area contributed by atoms with Crippen LogP contribution in [0.3, 0.4) is 0 Å². The van der Waals surface area contributed by atoms with E-state index in [0.717, 1.165) is 36.7 Å². The van der Waals surface area contributed by atoms with Crippen molar-refractivity contribution in [3.63, 3.8) is 0 Å². The van der Waals surface area contributed by atoms with Crippen LogP contribution in [0.1, 0.15) is 13.8 Å². The molecule has 1 heterocycles. The van der Waals surface area contributed by atoms with E-state index in [2.05, 4.69) is 21.9 Å². The van der Waals surface area contributed by atoms with Crippen molar-refractivity contribution in [1.82, 2.24) is 10.0 Å². The van der Waals surface area contributed by atoms with Crippen molar-refractivity contribution in [2.75, 3.05) is 51.3 Å². The van der Waals surface area contributed by atoms with E-state index in [0.29, 0.717) is 24.0 Å². The topological polar surface area (TPSA) is 85.9 Å². The highest BCUT2D eigenvalue weighted by Gasteiger charge is 2.23. The molecule has 0 saturated heterocycles. The summed E-state index contributed by atoms with van der Waals surface area (Å²) in [5.41, 5.74) is 1.07. The van der Waals surface area contributed by atoms with E-state index >= 15 is 0 Å². The Bertz CT molecular complexity index is 769. The van der Waals surface area contributed by atoms with Crippen LogP contribution in [-0.2, 0) is 19.3 Å². The summed E-state index contributed by atoms with van der Waals surface area (Å²) < 4.78 is 38.4. The van der Waals surface area contributed by atoms with E-state index in [9.17, 15) is 8.76 Å². The van der Waals surface area contributed by atoms with Crippen LogP contribution in [0.25, 0.3) is 0 Å². The monoisotopic (exact) mass is 427 g/mol. The lowest BCUT2D eigenvalue weighted by atomic mass is 10.2. The van der Waals surface area contributed by atoms with Crippen molar-refractivity contribution in [2.24, 2.45) is 0 Å². The molecule has 1 unspecified atom stereocenters. The Morgan fingerprint density at radius 1 is 1.21 bits per heavy atom. The fourth-order valence-corrected chi connectivity index (χ4v) is 4.75. The number of anilines is 1. The maximum atomic E-state index is 12.3. The number of hydrogen-bond acceptors (Lipinski definition) is 7. The number of hydrogen-bond donors (Lipinski definition) is 2. The van der Waals surface area contributed by atoms with Crippen molar-refractivity contribution in [1.29, 1.82) is 0 Å². The highest BCUT2D eigenvalue weighted by Crippen LogP contribution is 2.34. The Hall–Kier alpha value is -1.49. The van der Waals surface area contributed by atoms with Crippen LogP contribution in [0.15, 0.2) is 40.6 Å². The lowest BCUT2D eigenvalue weighted by molar-refractivity contribution is 0.152. The van der Waals surface area contributed by atoms with Crippen LogP contribution < -0.4 is 19.7 Å². The summed E-state index contributed by atoms with van der Waals surface area (Å²) in [7, 11) is -1.62. The van der Waals surface area contributed by atoms with E-state index in [1.807, 2.05) is 38.2 Å². The molecule has 0 radical (unpaired) electrons. The molecular weight excluding hydrogens is 398 g/mol. The van der Waals surface area contributed by atoms with Gasteiger partial charge in [0.05, 0.1) is 13.2 Å². The first kappa shape index (κ1) is 22.8. The molecule has 0 aliphatic carbocycles. The van der Waals surface area contributed by atoms with Crippen LogP contribution in [0.5, 0.6) is 10.8 Å². The number of ether oxygens (including phenoxy) is 2. The van der Waals surface area contributed by atoms with E-state index in [1.54, 1.807) is 12.1 Å². The smallest absolute Gasteiger partial charge is 0.232 e. The van der Waals surface area contributed by atoms with Gasteiger partial charge in [-0.25, -0.2) is 0 Å². The van der Waals surface area contributed by atoms with Gasteiger partial charge in [0.25, 0.3) is 0 Å². The summed E-state index contributed by atoms with van der Waals surface area (Å²) in [6, 6.07) is 11.0. The first-order valence-electron chi connectivity index (χ1n) is 9.34. The van der Waals surface area contributed by atoms with Crippen molar-refractivity contribution in [3.8, 4) is 10.8 Å². The van der Waals surface area contributed by atoms with Crippen LogP contribution >= 0.6 is 11.3 Å². The average molecular weight is 428 g/mol. The second-order valence-electron chi connectivity index (χ2n) is 5.95. The molecule has 156 valence electrons. The minimum absolute atomic E-state index is 0.222. The zero-order valence-electron chi connectivity index (χ0n) is 16.6. The third-order valence-corrected chi connectivity index (χ3v) is 6.89. The third-order valence-electron chi connectivity index (χ3n) is 3.98. The van der Waals surface area contributed by atoms with Gasteiger partial charge in [0.15, 0.2) is 15.5 Å². The molecule has 0 aliphatic rings. The van der Waals surface area contributed by atoms with Crippen LogP contribution in [0.2, 0.25) is 0 Å². The van der Waals surface area contributed by atoms with E-state index in [4.69, 9.17) is 9.47 Å². The predicted octanol–water partition coefficient (Wildman–Crippen LogP) is 3.12. The Morgan fingerprint density at radius 2 is 2.04 bits per heavy atom. The fraction of sp³-hybridized carbons (Fsp3) is 0.474. The van der Waals surface area contributed by atoms with E-state index in [1.165, 1.54) is 0 Å². The van der Waals surface area contributed by atoms with Gasteiger partial charge in [-0.3, -0.25) is 0 Å². The summed E-state index contributed by atoms with van der Waals surface area (Å²) in [5, 5.41) is 3.68. The number of nitrogens with one attached hydrogen (secondary N) is 2. The molecule has 28 heavy (non-hydrogen) atoms. The number of nitrogens with zero attached hydrogens (tertiary/aromatic N) is 1. The van der Waals surface area contributed by atoms with Gasteiger partial charge in [0.1, 0.15) is 5.75 Å². The Kier molecular flexibility index (Phi) is 9.36. The lowest BCUT2D eigenvalue weighted by Gasteiger charge is -2.23. The maximum Gasteiger partial charge on any atom is 0.232 e. The van der Waals surface area contributed by atoms with Crippen molar-refractivity contribution >= 4 is 27.4 Å². The minimum Gasteiger partial charge on any atom is -0.592 e. The van der Waals surface area contributed by atoms with Crippen molar-refractivity contribution in [3.05, 3.63) is 36.4 Å². The molecule has 0 fully saturated rings. The molecule has 7 nitrogen and oxygen atoms in total. The van der Waals surface area contributed by atoms with Gasteiger partial charge in [-0.2, -0.15) is 0 Å². The van der Waals surface area contributed by atoms with E-state index in [-0.39, 0.29) is 10.8 Å². The molecule has 9 heteroatoms. The second kappa shape index (κ2) is 11.5. The molecule has 2 N–H and O–H groups in total. The van der Waals surface area contributed by atoms with Crippen LogP contribution in [-0.4, -0.2) is 51.0 Å². The van der Waals surface area contributed by atoms with Gasteiger partial charge in [-0.05, 0) is 50.4 Å². The summed E-state index contributed by atoms with van der Waals surface area (Å²) in [6.07, 6.45) is 0. The average Bonchev–Trinajstić information content (AvgIpc) is 3.16.